The molecule has 3 aromatic rings. The maximum Gasteiger partial charge on any atom is 0.237 e. The van der Waals surface area contributed by atoms with E-state index in [1.54, 1.807) is 6.07 Å². The lowest BCUT2D eigenvalue weighted by Crippen LogP contribution is -2.25. The number of nitrogens with zero attached hydrogens (tertiary/aromatic N) is 4. The predicted molar refractivity (Wildman–Crippen MR) is 83.3 cm³/mol. The Kier molecular flexibility index (Phi) is 3.80. The van der Waals surface area contributed by atoms with Gasteiger partial charge in [-0.25, -0.2) is 9.99 Å². The van der Waals surface area contributed by atoms with Crippen LogP contribution in [0.15, 0.2) is 46.5 Å². The zero-order chi connectivity index (χ0) is 16.4. The molecule has 3 N–H and O–H groups in total. The summed E-state index contributed by atoms with van der Waals surface area (Å²) in [5.41, 5.74) is 9.70. The van der Waals surface area contributed by atoms with Crippen molar-refractivity contribution < 1.29 is 13.8 Å². The van der Waals surface area contributed by atoms with Crippen LogP contribution in [0, 0.1) is 0 Å². The molecule has 3 aromatic heterocycles. The van der Waals surface area contributed by atoms with Crippen molar-refractivity contribution in [3.8, 4) is 0 Å². The van der Waals surface area contributed by atoms with Crippen LogP contribution in [0.1, 0.15) is 18.2 Å². The summed E-state index contributed by atoms with van der Waals surface area (Å²) in [7, 11) is 1.97. The summed E-state index contributed by atoms with van der Waals surface area (Å²) in [5.74, 6) is 0.597. The number of carbonyl (C=O) groups is 1. The van der Waals surface area contributed by atoms with Crippen LogP contribution in [-0.4, -0.2) is 21.5 Å². The third-order valence-corrected chi connectivity index (χ3v) is 3.31. The van der Waals surface area contributed by atoms with Crippen molar-refractivity contribution in [1.82, 2.24) is 15.2 Å². The molecule has 0 aliphatic heterocycles. The molecule has 0 unspecified atom stereocenters. The normalized spacial score (nSPS) is 11.8. The summed E-state index contributed by atoms with van der Waals surface area (Å²) < 4.78 is 9.32. The highest BCUT2D eigenvalue weighted by Gasteiger charge is 2.10. The van der Waals surface area contributed by atoms with Crippen molar-refractivity contribution in [2.45, 2.75) is 13.5 Å². The zero-order valence-corrected chi connectivity index (χ0v) is 12.9. The Bertz CT molecular complexity index is 892. The Morgan fingerprint density at radius 3 is 3.17 bits per heavy atom. The maximum atomic E-state index is 10.8. The molecule has 0 saturated carbocycles. The SMILES string of the molecule is CC(=O)NN=C(N)c1coc(Cn2ncc3c[n+](C)ccc32)c1. The molecule has 0 aromatic carbocycles. The first kappa shape index (κ1) is 14.8. The van der Waals surface area contributed by atoms with E-state index in [2.05, 4.69) is 15.6 Å². The number of nitrogens with one attached hydrogen (secondary N) is 1. The van der Waals surface area contributed by atoms with E-state index in [0.717, 1.165) is 10.9 Å². The Morgan fingerprint density at radius 2 is 2.39 bits per heavy atom. The summed E-state index contributed by atoms with van der Waals surface area (Å²) in [5, 5.41) is 9.19. The van der Waals surface area contributed by atoms with Crippen LogP contribution in [0.5, 0.6) is 0 Å². The highest BCUT2D eigenvalue weighted by atomic mass is 16.3. The van der Waals surface area contributed by atoms with Crippen molar-refractivity contribution in [3.63, 3.8) is 0 Å². The molecule has 0 atom stereocenters. The van der Waals surface area contributed by atoms with Gasteiger partial charge < -0.3 is 10.2 Å². The van der Waals surface area contributed by atoms with Crippen molar-refractivity contribution >= 4 is 22.6 Å². The summed E-state index contributed by atoms with van der Waals surface area (Å²) >= 11 is 0. The minimum absolute atomic E-state index is 0.188. The number of carbonyl (C=O) groups excluding carboxylic acids is 1. The molecule has 0 aliphatic carbocycles. The quantitative estimate of drug-likeness (QED) is 0.312. The third kappa shape index (κ3) is 3.20. The average Bonchev–Trinajstić information content (AvgIpc) is 3.12. The fraction of sp³-hybridized carbons (Fsp3) is 0.200. The number of fused-ring (bicyclic) bond motifs is 1. The molecule has 23 heavy (non-hydrogen) atoms. The predicted octanol–water partition coefficient (Wildman–Crippen LogP) is 0.259. The number of hydrogen-bond donors (Lipinski definition) is 2. The van der Waals surface area contributed by atoms with Crippen LogP contribution in [-0.2, 0) is 18.4 Å². The standard InChI is InChI=1S/C15H16N6O2/c1-10(22)18-19-15(16)11-5-13(23-9-11)8-21-14-3-4-20(2)7-12(14)6-17-21/h3-7,9H,8H2,1-2H3,(H2-,16,18,19,22)/p+1. The Morgan fingerprint density at radius 1 is 1.57 bits per heavy atom. The van der Waals surface area contributed by atoms with Crippen molar-refractivity contribution in [2.24, 2.45) is 17.9 Å². The molecule has 0 fully saturated rings. The fourth-order valence-corrected chi connectivity index (χ4v) is 2.22. The average molecular weight is 313 g/mol. The molecule has 0 aliphatic rings. The number of hydrazone groups is 1. The number of amides is 1. The molecule has 0 saturated heterocycles. The van der Waals surface area contributed by atoms with Crippen molar-refractivity contribution in [2.75, 3.05) is 0 Å². The Balaban J connectivity index is 1.80. The molecule has 0 bridgehead atoms. The second kappa shape index (κ2) is 5.91. The maximum absolute atomic E-state index is 10.8. The molecule has 8 heteroatoms. The lowest BCUT2D eigenvalue weighted by molar-refractivity contribution is -0.670. The summed E-state index contributed by atoms with van der Waals surface area (Å²) in [6.07, 6.45) is 7.28. The highest BCUT2D eigenvalue weighted by Crippen LogP contribution is 2.14. The van der Waals surface area contributed by atoms with Crippen LogP contribution in [0.2, 0.25) is 0 Å². The van der Waals surface area contributed by atoms with E-state index in [9.17, 15) is 4.79 Å². The second-order valence-electron chi connectivity index (χ2n) is 5.22. The van der Waals surface area contributed by atoms with Crippen LogP contribution in [0.3, 0.4) is 0 Å². The molecule has 3 rings (SSSR count). The van der Waals surface area contributed by atoms with E-state index in [0.29, 0.717) is 17.9 Å². The van der Waals surface area contributed by atoms with E-state index >= 15 is 0 Å². The summed E-state index contributed by atoms with van der Waals surface area (Å²) in [4.78, 5) is 10.8. The van der Waals surface area contributed by atoms with Gasteiger partial charge in [0.1, 0.15) is 19.1 Å². The zero-order valence-electron chi connectivity index (χ0n) is 12.9. The van der Waals surface area contributed by atoms with Gasteiger partial charge in [0.15, 0.2) is 18.2 Å². The molecule has 3 heterocycles. The second-order valence-corrected chi connectivity index (χ2v) is 5.22. The minimum atomic E-state index is -0.284. The molecule has 1 amide bonds. The molecular weight excluding hydrogens is 296 g/mol. The lowest BCUT2D eigenvalue weighted by Gasteiger charge is -1.99. The van der Waals surface area contributed by atoms with Gasteiger partial charge in [-0.3, -0.25) is 9.48 Å². The van der Waals surface area contributed by atoms with Gasteiger partial charge in [0, 0.05) is 13.0 Å². The number of furan rings is 1. The van der Waals surface area contributed by atoms with Gasteiger partial charge in [0.2, 0.25) is 5.91 Å². The molecule has 118 valence electrons. The van der Waals surface area contributed by atoms with Crippen molar-refractivity contribution in [3.05, 3.63) is 48.3 Å². The molecule has 0 radical (unpaired) electrons. The van der Waals surface area contributed by atoms with Crippen LogP contribution in [0.4, 0.5) is 0 Å². The summed E-state index contributed by atoms with van der Waals surface area (Å²) in [6.45, 7) is 1.84. The van der Waals surface area contributed by atoms with Gasteiger partial charge >= 0.3 is 0 Å². The van der Waals surface area contributed by atoms with Gasteiger partial charge in [-0.15, -0.1) is 0 Å². The van der Waals surface area contributed by atoms with Crippen molar-refractivity contribution in [1.29, 1.82) is 0 Å². The Hall–Kier alpha value is -3.16. The van der Waals surface area contributed by atoms with E-state index in [-0.39, 0.29) is 11.7 Å². The van der Waals surface area contributed by atoms with E-state index in [1.807, 2.05) is 41.0 Å². The van der Waals surface area contributed by atoms with Gasteiger partial charge in [0.25, 0.3) is 0 Å². The number of aryl methyl sites for hydroxylation is 1. The first-order valence-corrected chi connectivity index (χ1v) is 7.01. The van der Waals surface area contributed by atoms with Crippen LogP contribution in [0.25, 0.3) is 10.9 Å². The van der Waals surface area contributed by atoms with Gasteiger partial charge in [-0.1, -0.05) is 0 Å². The summed E-state index contributed by atoms with van der Waals surface area (Å²) in [6, 6.07) is 3.77. The van der Waals surface area contributed by atoms with Gasteiger partial charge in [-0.2, -0.15) is 10.2 Å². The number of amidine groups is 1. The number of nitrogens with two attached hydrogens (primary N) is 1. The number of aromatic nitrogens is 3. The van der Waals surface area contributed by atoms with Crippen LogP contribution >= 0.6 is 0 Å². The lowest BCUT2D eigenvalue weighted by atomic mass is 10.3. The van der Waals surface area contributed by atoms with E-state index < -0.39 is 0 Å². The van der Waals surface area contributed by atoms with Crippen LogP contribution < -0.4 is 15.7 Å². The number of hydrogen-bond acceptors (Lipinski definition) is 4. The van der Waals surface area contributed by atoms with E-state index in [4.69, 9.17) is 10.2 Å². The van der Waals surface area contributed by atoms with Gasteiger partial charge in [-0.05, 0) is 6.07 Å². The largest absolute Gasteiger partial charge is 0.467 e. The fourth-order valence-electron chi connectivity index (χ4n) is 2.22. The topological polar surface area (TPSA) is 102 Å². The Labute approximate surface area is 132 Å². The van der Waals surface area contributed by atoms with Gasteiger partial charge in [0.05, 0.1) is 29.2 Å². The number of rotatable bonds is 4. The molecule has 0 spiro atoms. The molecular formula is C15H17N6O2+. The highest BCUT2D eigenvalue weighted by molar-refractivity contribution is 5.97. The monoisotopic (exact) mass is 313 g/mol. The van der Waals surface area contributed by atoms with E-state index in [1.165, 1.54) is 13.2 Å². The molecule has 8 nitrogen and oxygen atoms in total. The minimum Gasteiger partial charge on any atom is -0.467 e. The first-order valence-electron chi connectivity index (χ1n) is 7.01. The number of pyridine rings is 1. The smallest absolute Gasteiger partial charge is 0.237 e. The first-order chi connectivity index (χ1) is 11.0. The third-order valence-electron chi connectivity index (χ3n) is 3.31.